The summed E-state index contributed by atoms with van der Waals surface area (Å²) in [4.78, 5) is 12.8. The van der Waals surface area contributed by atoms with Gasteiger partial charge in [-0.15, -0.1) is 0 Å². The Bertz CT molecular complexity index is 975. The smallest absolute Gasteiger partial charge is 0.306 e. The third kappa shape index (κ3) is 22.2. The molecule has 11 atom stereocenters. The molecule has 7 N–H and O–H groups in total. The number of ether oxygens (including phenoxy) is 6. The Kier molecular flexibility index (Phi) is 30.8. The summed E-state index contributed by atoms with van der Waals surface area (Å²) in [6.45, 7) is 3.67. The Hall–Kier alpha value is -1.01. The lowest BCUT2D eigenvalue weighted by Crippen LogP contribution is -2.61. The monoisotopic (exact) mass is 837 g/mol. The van der Waals surface area contributed by atoms with Crippen LogP contribution in [-0.4, -0.2) is 142 Å². The van der Waals surface area contributed by atoms with E-state index < -0.39 is 80.7 Å². The first-order valence-corrected chi connectivity index (χ1v) is 23.1. The Balaban J connectivity index is 1.77. The molecular weight excluding hydrogens is 752 g/mol. The van der Waals surface area contributed by atoms with Crippen LogP contribution < -0.4 is 0 Å². The van der Waals surface area contributed by atoms with Gasteiger partial charge in [-0.05, 0) is 12.8 Å². The van der Waals surface area contributed by atoms with Gasteiger partial charge in [-0.3, -0.25) is 4.79 Å². The van der Waals surface area contributed by atoms with Crippen molar-refractivity contribution in [3.05, 3.63) is 0 Å². The Morgan fingerprint density at radius 1 is 0.500 bits per heavy atom. The average molecular weight is 837 g/mol. The molecule has 58 heavy (non-hydrogen) atoms. The van der Waals surface area contributed by atoms with Crippen LogP contribution in [0.4, 0.5) is 0 Å². The van der Waals surface area contributed by atoms with Gasteiger partial charge >= 0.3 is 5.97 Å². The third-order valence-corrected chi connectivity index (χ3v) is 11.4. The lowest BCUT2D eigenvalue weighted by molar-refractivity contribution is -0.332. The van der Waals surface area contributed by atoms with E-state index >= 15 is 0 Å². The van der Waals surface area contributed by atoms with E-state index in [0.29, 0.717) is 13.0 Å². The highest BCUT2D eigenvalue weighted by Gasteiger charge is 2.47. The predicted molar refractivity (Wildman–Crippen MR) is 220 cm³/mol. The van der Waals surface area contributed by atoms with Crippen LogP contribution in [-0.2, 0) is 33.2 Å². The van der Waals surface area contributed by atoms with Crippen LogP contribution in [0.25, 0.3) is 0 Å². The lowest BCUT2D eigenvalue weighted by Gasteiger charge is -2.42. The zero-order chi connectivity index (χ0) is 42.4. The topological polar surface area (TPSA) is 214 Å². The molecule has 0 aliphatic carbocycles. The van der Waals surface area contributed by atoms with Crippen molar-refractivity contribution in [2.24, 2.45) is 0 Å². The largest absolute Gasteiger partial charge is 0.457 e. The highest BCUT2D eigenvalue weighted by molar-refractivity contribution is 5.69. The molecule has 0 saturated carbocycles. The van der Waals surface area contributed by atoms with E-state index in [-0.39, 0.29) is 25.6 Å². The third-order valence-electron chi connectivity index (χ3n) is 11.4. The molecule has 2 rings (SSSR count). The van der Waals surface area contributed by atoms with Crippen LogP contribution in [0.3, 0.4) is 0 Å². The van der Waals surface area contributed by atoms with E-state index in [1.165, 1.54) is 109 Å². The van der Waals surface area contributed by atoms with Crippen LogP contribution in [0.15, 0.2) is 0 Å². The summed E-state index contributed by atoms with van der Waals surface area (Å²) < 4.78 is 34.1. The molecule has 2 aliphatic heterocycles. The molecule has 0 radical (unpaired) electrons. The van der Waals surface area contributed by atoms with Gasteiger partial charge in [0.25, 0.3) is 0 Å². The van der Waals surface area contributed by atoms with Crippen LogP contribution in [0.1, 0.15) is 174 Å². The van der Waals surface area contributed by atoms with E-state index in [0.717, 1.165) is 38.5 Å². The predicted octanol–water partition coefficient (Wildman–Crippen LogP) is 5.35. The second kappa shape index (κ2) is 33.6. The molecule has 11 unspecified atom stereocenters. The van der Waals surface area contributed by atoms with Gasteiger partial charge < -0.3 is 64.2 Å². The zero-order valence-electron chi connectivity index (χ0n) is 36.1. The second-order valence-electron chi connectivity index (χ2n) is 16.6. The summed E-state index contributed by atoms with van der Waals surface area (Å²) >= 11 is 0. The summed E-state index contributed by atoms with van der Waals surface area (Å²) in [5.74, 6) is -0.378. The average Bonchev–Trinajstić information content (AvgIpc) is 3.22. The molecule has 0 aromatic rings. The molecule has 0 bridgehead atoms. The second-order valence-corrected chi connectivity index (χ2v) is 16.6. The van der Waals surface area contributed by atoms with Gasteiger partial charge in [-0.2, -0.15) is 0 Å². The van der Waals surface area contributed by atoms with Gasteiger partial charge in [0, 0.05) is 13.0 Å². The quantitative estimate of drug-likeness (QED) is 0.0313. The normalized spacial score (nSPS) is 28.2. The summed E-state index contributed by atoms with van der Waals surface area (Å²) in [5.41, 5.74) is 0. The highest BCUT2D eigenvalue weighted by Crippen LogP contribution is 2.26. The van der Waals surface area contributed by atoms with Crippen molar-refractivity contribution in [1.82, 2.24) is 0 Å². The van der Waals surface area contributed by atoms with E-state index in [1.807, 2.05) is 0 Å². The van der Waals surface area contributed by atoms with Crippen LogP contribution in [0.5, 0.6) is 0 Å². The molecule has 0 aromatic heterocycles. The fourth-order valence-corrected chi connectivity index (χ4v) is 7.52. The van der Waals surface area contributed by atoms with E-state index in [4.69, 9.17) is 28.4 Å². The number of rotatable bonds is 36. The van der Waals surface area contributed by atoms with Gasteiger partial charge in [0.1, 0.15) is 54.9 Å². The molecule has 14 nitrogen and oxygen atoms in total. The Morgan fingerprint density at radius 2 is 0.914 bits per heavy atom. The molecule has 0 aromatic carbocycles. The minimum Gasteiger partial charge on any atom is -0.457 e. The van der Waals surface area contributed by atoms with Crippen molar-refractivity contribution in [2.75, 3.05) is 33.0 Å². The van der Waals surface area contributed by atoms with Crippen LogP contribution in [0.2, 0.25) is 0 Å². The summed E-state index contributed by atoms with van der Waals surface area (Å²) in [6, 6.07) is 0. The van der Waals surface area contributed by atoms with E-state index in [1.54, 1.807) is 0 Å². The summed E-state index contributed by atoms with van der Waals surface area (Å²) in [5, 5.41) is 71.8. The van der Waals surface area contributed by atoms with Gasteiger partial charge in [-0.1, -0.05) is 155 Å². The molecule has 14 heteroatoms. The number of carbonyl (C=O) groups excluding carboxylic acids is 1. The summed E-state index contributed by atoms with van der Waals surface area (Å²) in [6.07, 6.45) is 13.3. The number of hydrogen-bond acceptors (Lipinski definition) is 14. The van der Waals surface area contributed by atoms with Gasteiger partial charge in [-0.25, -0.2) is 0 Å². The molecule has 0 amide bonds. The Morgan fingerprint density at radius 3 is 1.40 bits per heavy atom. The first kappa shape index (κ1) is 53.1. The van der Waals surface area contributed by atoms with E-state index in [2.05, 4.69) is 13.8 Å². The maximum Gasteiger partial charge on any atom is 0.306 e. The standard InChI is InChI=1S/C44H84O14/c1-3-5-7-9-11-13-14-15-16-17-18-19-20-22-24-26-28-53-30-33(56-36(46)27-25-23-21-12-10-8-6-4-2)31-54-43-42(52)40(50)38(48)35(58-43)32-55-44-41(51)39(49)37(47)34(29-45)57-44/h33-35,37-45,47-52H,3-32H2,1-2H3. The zero-order valence-corrected chi connectivity index (χ0v) is 36.1. The van der Waals surface area contributed by atoms with Gasteiger partial charge in [0.2, 0.25) is 0 Å². The highest BCUT2D eigenvalue weighted by atomic mass is 16.7. The van der Waals surface area contributed by atoms with E-state index in [9.17, 15) is 40.5 Å². The fourth-order valence-electron chi connectivity index (χ4n) is 7.52. The SMILES string of the molecule is CCCCCCCCCCCCCCCCCCOCC(COC1OC(COC2OC(CO)C(O)C(O)C2O)C(O)C(O)C1O)OC(=O)CCCCCCCCCC. The maximum atomic E-state index is 12.8. The molecule has 2 fully saturated rings. The summed E-state index contributed by atoms with van der Waals surface area (Å²) in [7, 11) is 0. The van der Waals surface area contributed by atoms with Crippen molar-refractivity contribution in [1.29, 1.82) is 0 Å². The van der Waals surface area contributed by atoms with Crippen LogP contribution >= 0.6 is 0 Å². The lowest BCUT2D eigenvalue weighted by atomic mass is 9.98. The molecule has 2 aliphatic rings. The maximum absolute atomic E-state index is 12.8. The number of aliphatic hydroxyl groups excluding tert-OH is 7. The Labute approximate surface area is 349 Å². The fraction of sp³-hybridized carbons (Fsp3) is 0.977. The molecule has 0 spiro atoms. The first-order chi connectivity index (χ1) is 28.1. The van der Waals surface area contributed by atoms with Gasteiger partial charge in [0.05, 0.1) is 26.4 Å². The molecule has 2 heterocycles. The minimum absolute atomic E-state index is 0.0690. The number of carbonyl (C=O) groups is 1. The first-order valence-electron chi connectivity index (χ1n) is 23.1. The number of unbranched alkanes of at least 4 members (excludes halogenated alkanes) is 22. The number of esters is 1. The van der Waals surface area contributed by atoms with Gasteiger partial charge in [0.15, 0.2) is 12.6 Å². The van der Waals surface area contributed by atoms with Crippen molar-refractivity contribution < 1.29 is 69.0 Å². The molecule has 344 valence electrons. The number of aliphatic hydroxyl groups is 7. The minimum atomic E-state index is -1.70. The van der Waals surface area contributed by atoms with Crippen LogP contribution in [0, 0.1) is 0 Å². The molecular formula is C44H84O14. The van der Waals surface area contributed by atoms with Crippen molar-refractivity contribution in [2.45, 2.75) is 242 Å². The van der Waals surface area contributed by atoms with Crippen molar-refractivity contribution in [3.8, 4) is 0 Å². The van der Waals surface area contributed by atoms with Crippen molar-refractivity contribution >= 4 is 5.97 Å². The number of hydrogen-bond donors (Lipinski definition) is 7. The van der Waals surface area contributed by atoms with Crippen molar-refractivity contribution in [3.63, 3.8) is 0 Å². The molecule has 2 saturated heterocycles.